The first-order valence-electron chi connectivity index (χ1n) is 9.34. The van der Waals surface area contributed by atoms with E-state index < -0.39 is 0 Å². The lowest BCUT2D eigenvalue weighted by Crippen LogP contribution is -2.53. The number of carbonyl (C=O) groups excluding carboxylic acids is 1. The zero-order valence-corrected chi connectivity index (χ0v) is 15.7. The Kier molecular flexibility index (Phi) is 5.99. The molecule has 0 spiro atoms. The number of furan rings is 1. The molecule has 1 N–H and O–H groups in total. The van der Waals surface area contributed by atoms with Crippen LogP contribution < -0.4 is 10.1 Å². The van der Waals surface area contributed by atoms with E-state index in [4.69, 9.17) is 9.15 Å². The van der Waals surface area contributed by atoms with E-state index in [-0.39, 0.29) is 11.4 Å². The Morgan fingerprint density at radius 3 is 2.62 bits per heavy atom. The normalized spacial score (nSPS) is 15.6. The molecule has 1 aliphatic rings. The van der Waals surface area contributed by atoms with Crippen molar-refractivity contribution in [2.24, 2.45) is 0 Å². The first kappa shape index (κ1) is 18.5. The molecule has 1 saturated heterocycles. The second kappa shape index (κ2) is 8.41. The first-order valence-corrected chi connectivity index (χ1v) is 9.34. The van der Waals surface area contributed by atoms with Crippen molar-refractivity contribution in [3.05, 3.63) is 54.0 Å². The zero-order valence-electron chi connectivity index (χ0n) is 15.7. The van der Waals surface area contributed by atoms with E-state index in [1.807, 2.05) is 30.3 Å². The number of nitrogens with one attached hydrogen (secondary N) is 1. The summed E-state index contributed by atoms with van der Waals surface area (Å²) in [6, 6.07) is 11.3. The predicted octanol–water partition coefficient (Wildman–Crippen LogP) is 3.85. The minimum atomic E-state index is -0.188. The molecule has 1 aliphatic heterocycles. The van der Waals surface area contributed by atoms with Crippen molar-refractivity contribution >= 4 is 5.91 Å². The average Bonchev–Trinajstić information content (AvgIpc) is 3.15. The second-order valence-electron chi connectivity index (χ2n) is 7.42. The third-order valence-electron chi connectivity index (χ3n) is 4.98. The maximum atomic E-state index is 12.6. The number of ether oxygens (including phenoxy) is 1. The lowest BCUT2D eigenvalue weighted by molar-refractivity contribution is 0.0777. The number of benzene rings is 1. The number of hydrogen-bond acceptors (Lipinski definition) is 4. The summed E-state index contributed by atoms with van der Waals surface area (Å²) in [4.78, 5) is 15.0. The van der Waals surface area contributed by atoms with Crippen molar-refractivity contribution in [2.45, 2.75) is 45.3 Å². The molecule has 2 aromatic rings. The van der Waals surface area contributed by atoms with Crippen LogP contribution in [-0.4, -0.2) is 36.0 Å². The molecule has 0 bridgehead atoms. The van der Waals surface area contributed by atoms with Crippen LogP contribution in [0.2, 0.25) is 0 Å². The van der Waals surface area contributed by atoms with Gasteiger partial charge in [0, 0.05) is 17.6 Å². The summed E-state index contributed by atoms with van der Waals surface area (Å²) in [5.41, 5.74) is 0.686. The molecule has 1 aromatic heterocycles. The van der Waals surface area contributed by atoms with E-state index in [1.165, 1.54) is 25.5 Å². The largest absolute Gasteiger partial charge is 0.489 e. The van der Waals surface area contributed by atoms with Crippen molar-refractivity contribution < 1.29 is 13.9 Å². The van der Waals surface area contributed by atoms with E-state index in [0.717, 1.165) is 24.4 Å². The molecule has 2 heterocycles. The molecule has 26 heavy (non-hydrogen) atoms. The van der Waals surface area contributed by atoms with Crippen LogP contribution in [0, 0.1) is 0 Å². The Bertz CT molecular complexity index is 703. The van der Waals surface area contributed by atoms with Gasteiger partial charge in [0.25, 0.3) is 5.91 Å². The van der Waals surface area contributed by atoms with Crippen LogP contribution in [0.15, 0.2) is 47.1 Å². The molecule has 1 amide bonds. The summed E-state index contributed by atoms with van der Waals surface area (Å²) in [6.07, 6.45) is 5.30. The fourth-order valence-electron chi connectivity index (χ4n) is 3.31. The number of carbonyl (C=O) groups is 1. The fourth-order valence-corrected chi connectivity index (χ4v) is 3.31. The number of likely N-dealkylation sites (tertiary alicyclic amines) is 1. The van der Waals surface area contributed by atoms with Crippen LogP contribution in [0.4, 0.5) is 0 Å². The monoisotopic (exact) mass is 356 g/mol. The molecule has 0 saturated carbocycles. The average molecular weight is 356 g/mol. The molecule has 0 radical (unpaired) electrons. The zero-order chi connectivity index (χ0) is 18.4. The van der Waals surface area contributed by atoms with E-state index in [2.05, 4.69) is 24.1 Å². The Morgan fingerprint density at radius 2 is 1.88 bits per heavy atom. The van der Waals surface area contributed by atoms with Crippen molar-refractivity contribution in [2.75, 3.05) is 19.6 Å². The van der Waals surface area contributed by atoms with Crippen LogP contribution in [0.1, 0.15) is 49.2 Å². The summed E-state index contributed by atoms with van der Waals surface area (Å²) in [5, 5.41) is 3.03. The van der Waals surface area contributed by atoms with E-state index in [1.54, 1.807) is 6.07 Å². The number of nitrogens with zero attached hydrogens (tertiary/aromatic N) is 1. The van der Waals surface area contributed by atoms with Gasteiger partial charge in [0.05, 0.1) is 6.26 Å². The smallest absolute Gasteiger partial charge is 0.287 e. The molecule has 0 unspecified atom stereocenters. The maximum Gasteiger partial charge on any atom is 0.287 e. The fraction of sp³-hybridized carbons (Fsp3) is 0.476. The van der Waals surface area contributed by atoms with Gasteiger partial charge in [-0.25, -0.2) is 0 Å². The van der Waals surface area contributed by atoms with Gasteiger partial charge in [-0.3, -0.25) is 9.69 Å². The number of amides is 1. The second-order valence-corrected chi connectivity index (χ2v) is 7.42. The van der Waals surface area contributed by atoms with Crippen LogP contribution in [0.3, 0.4) is 0 Å². The molecule has 0 aliphatic carbocycles. The summed E-state index contributed by atoms with van der Waals surface area (Å²) in [6.45, 7) is 7.45. The summed E-state index contributed by atoms with van der Waals surface area (Å²) in [7, 11) is 0. The maximum absolute atomic E-state index is 12.6. The van der Waals surface area contributed by atoms with Crippen molar-refractivity contribution in [3.8, 4) is 5.75 Å². The van der Waals surface area contributed by atoms with Gasteiger partial charge in [-0.05, 0) is 58.0 Å². The third-order valence-corrected chi connectivity index (χ3v) is 4.98. The Labute approximate surface area is 155 Å². The van der Waals surface area contributed by atoms with Gasteiger partial charge in [0.2, 0.25) is 0 Å². The summed E-state index contributed by atoms with van der Waals surface area (Å²) >= 11 is 0. The quantitative estimate of drug-likeness (QED) is 0.819. The molecule has 140 valence electrons. The van der Waals surface area contributed by atoms with Crippen molar-refractivity contribution in [1.29, 1.82) is 0 Å². The number of hydrogen-bond donors (Lipinski definition) is 1. The topological polar surface area (TPSA) is 54.7 Å². The highest BCUT2D eigenvalue weighted by Gasteiger charge is 2.29. The Balaban J connectivity index is 1.55. The van der Waals surface area contributed by atoms with E-state index >= 15 is 0 Å². The van der Waals surface area contributed by atoms with Crippen LogP contribution in [0.25, 0.3) is 0 Å². The highest BCUT2D eigenvalue weighted by atomic mass is 16.5. The minimum Gasteiger partial charge on any atom is -0.489 e. The molecule has 1 aromatic carbocycles. The van der Waals surface area contributed by atoms with Crippen LogP contribution in [0.5, 0.6) is 5.75 Å². The lowest BCUT2D eigenvalue weighted by atomic mass is 9.98. The minimum absolute atomic E-state index is 0.0661. The van der Waals surface area contributed by atoms with Crippen molar-refractivity contribution in [1.82, 2.24) is 10.2 Å². The highest BCUT2D eigenvalue weighted by molar-refractivity contribution is 5.92. The Morgan fingerprint density at radius 1 is 1.15 bits per heavy atom. The van der Waals surface area contributed by atoms with Crippen molar-refractivity contribution in [3.63, 3.8) is 0 Å². The van der Waals surface area contributed by atoms with Gasteiger partial charge in [-0.1, -0.05) is 24.6 Å². The van der Waals surface area contributed by atoms with Crippen LogP contribution >= 0.6 is 0 Å². The molecule has 5 heteroatoms. The summed E-state index contributed by atoms with van der Waals surface area (Å²) in [5.74, 6) is 0.911. The van der Waals surface area contributed by atoms with Gasteiger partial charge in [-0.15, -0.1) is 0 Å². The first-order chi connectivity index (χ1) is 12.6. The molecule has 3 rings (SSSR count). The van der Waals surface area contributed by atoms with Gasteiger partial charge in [0.1, 0.15) is 12.4 Å². The molecular formula is C21H28N2O3. The predicted molar refractivity (Wildman–Crippen MR) is 101 cm³/mol. The van der Waals surface area contributed by atoms with Gasteiger partial charge < -0.3 is 14.5 Å². The van der Waals surface area contributed by atoms with Crippen LogP contribution in [-0.2, 0) is 6.61 Å². The van der Waals surface area contributed by atoms with Gasteiger partial charge >= 0.3 is 0 Å². The highest BCUT2D eigenvalue weighted by Crippen LogP contribution is 2.20. The number of piperidine rings is 1. The van der Waals surface area contributed by atoms with E-state index in [9.17, 15) is 4.79 Å². The third kappa shape index (κ3) is 4.67. The molecule has 5 nitrogen and oxygen atoms in total. The van der Waals surface area contributed by atoms with Gasteiger partial charge in [-0.2, -0.15) is 0 Å². The number of para-hydroxylation sites is 1. The standard InChI is InChI=1S/C21H28N2O3/c1-21(2,23-12-7-4-8-13-23)16-22-20(24)19-17(11-14-25-19)15-26-18-9-5-3-6-10-18/h3,5-6,9-11,14H,4,7-8,12-13,15-16H2,1-2H3,(H,22,24). The lowest BCUT2D eigenvalue weighted by Gasteiger charge is -2.41. The molecular weight excluding hydrogens is 328 g/mol. The van der Waals surface area contributed by atoms with Gasteiger partial charge in [0.15, 0.2) is 5.76 Å². The molecule has 1 fully saturated rings. The SMILES string of the molecule is CC(C)(CNC(=O)c1occc1COc1ccccc1)N1CCCCC1. The number of rotatable bonds is 7. The molecule has 0 atom stereocenters. The van der Waals surface area contributed by atoms with E-state index in [0.29, 0.717) is 18.9 Å². The Hall–Kier alpha value is -2.27. The summed E-state index contributed by atoms with van der Waals surface area (Å²) < 4.78 is 11.2.